The van der Waals surface area contributed by atoms with E-state index in [4.69, 9.17) is 4.74 Å². The van der Waals surface area contributed by atoms with Crippen molar-refractivity contribution in [1.29, 1.82) is 0 Å². The summed E-state index contributed by atoms with van der Waals surface area (Å²) < 4.78 is 19.7. The monoisotopic (exact) mass is 430 g/mol. The van der Waals surface area contributed by atoms with Gasteiger partial charge in [0.05, 0.1) is 19.2 Å². The van der Waals surface area contributed by atoms with Crippen LogP contribution in [0.25, 0.3) is 5.57 Å². The molecule has 1 aliphatic rings. The van der Waals surface area contributed by atoms with Crippen molar-refractivity contribution in [1.82, 2.24) is 4.90 Å². The first kappa shape index (κ1) is 21.3. The molecule has 1 heterocycles. The quantitative estimate of drug-likeness (QED) is 0.569. The van der Waals surface area contributed by atoms with E-state index in [1.54, 1.807) is 42.5 Å². The van der Waals surface area contributed by atoms with Gasteiger partial charge in [-0.05, 0) is 37.6 Å². The molecule has 0 radical (unpaired) electrons. The summed E-state index contributed by atoms with van der Waals surface area (Å²) in [6.07, 6.45) is 0. The lowest BCUT2D eigenvalue weighted by atomic mass is 10.0. The first-order valence-corrected chi connectivity index (χ1v) is 10.2. The molecule has 6 heteroatoms. The molecule has 2 amide bonds. The van der Waals surface area contributed by atoms with Crippen LogP contribution in [0.1, 0.15) is 22.3 Å². The number of rotatable bonds is 6. The summed E-state index contributed by atoms with van der Waals surface area (Å²) in [5.74, 6) is -1.02. The van der Waals surface area contributed by atoms with E-state index < -0.39 is 17.6 Å². The molecule has 4 rings (SSSR count). The predicted molar refractivity (Wildman–Crippen MR) is 121 cm³/mol. The number of nitrogens with zero attached hydrogens (tertiary/aromatic N) is 1. The molecule has 0 saturated heterocycles. The third-order valence-corrected chi connectivity index (χ3v) is 5.47. The fourth-order valence-corrected chi connectivity index (χ4v) is 3.82. The number of imide groups is 1. The minimum Gasteiger partial charge on any atom is -0.496 e. The number of amides is 2. The van der Waals surface area contributed by atoms with Crippen LogP contribution in [-0.4, -0.2) is 23.8 Å². The molecule has 1 aliphatic heterocycles. The maximum Gasteiger partial charge on any atom is 0.278 e. The van der Waals surface area contributed by atoms with E-state index in [-0.39, 0.29) is 23.4 Å². The molecule has 32 heavy (non-hydrogen) atoms. The lowest BCUT2D eigenvalue weighted by Crippen LogP contribution is -2.32. The molecule has 0 saturated carbocycles. The van der Waals surface area contributed by atoms with Crippen molar-refractivity contribution in [2.45, 2.75) is 20.4 Å². The first-order chi connectivity index (χ1) is 15.4. The zero-order valence-corrected chi connectivity index (χ0v) is 18.1. The Balaban J connectivity index is 1.81. The Hall–Kier alpha value is -3.93. The van der Waals surface area contributed by atoms with Crippen LogP contribution in [0, 0.1) is 19.7 Å². The van der Waals surface area contributed by atoms with Crippen molar-refractivity contribution in [3.8, 4) is 5.75 Å². The van der Waals surface area contributed by atoms with Crippen molar-refractivity contribution < 1.29 is 18.7 Å². The third-order valence-electron chi connectivity index (χ3n) is 5.47. The summed E-state index contributed by atoms with van der Waals surface area (Å²) in [5, 5.41) is 3.17. The highest BCUT2D eigenvalue weighted by atomic mass is 19.1. The number of hydrogen-bond donors (Lipinski definition) is 1. The van der Waals surface area contributed by atoms with Crippen molar-refractivity contribution in [3.63, 3.8) is 0 Å². The van der Waals surface area contributed by atoms with E-state index in [1.807, 2.05) is 32.0 Å². The largest absolute Gasteiger partial charge is 0.496 e. The summed E-state index contributed by atoms with van der Waals surface area (Å²) in [7, 11) is 1.51. The van der Waals surface area contributed by atoms with Gasteiger partial charge in [-0.2, -0.15) is 0 Å². The average molecular weight is 430 g/mol. The first-order valence-electron chi connectivity index (χ1n) is 10.2. The maximum absolute atomic E-state index is 14.3. The van der Waals surface area contributed by atoms with Crippen molar-refractivity contribution in [3.05, 3.63) is 100 Å². The predicted octanol–water partition coefficient (Wildman–Crippen LogP) is 4.84. The molecule has 162 valence electrons. The highest BCUT2D eigenvalue weighted by molar-refractivity contribution is 6.37. The normalized spacial score (nSPS) is 13.7. The van der Waals surface area contributed by atoms with Crippen molar-refractivity contribution in [2.24, 2.45) is 0 Å². The fraction of sp³-hybridized carbons (Fsp3) is 0.154. The lowest BCUT2D eigenvalue weighted by Gasteiger charge is -2.16. The number of methoxy groups -OCH3 is 1. The number of para-hydroxylation sites is 1. The van der Waals surface area contributed by atoms with Crippen LogP contribution in [-0.2, 0) is 16.1 Å². The van der Waals surface area contributed by atoms with Crippen molar-refractivity contribution in [2.75, 3.05) is 12.4 Å². The molecule has 3 aromatic rings. The number of halogens is 1. The molecule has 0 bridgehead atoms. The Morgan fingerprint density at radius 2 is 1.66 bits per heavy atom. The van der Waals surface area contributed by atoms with Crippen LogP contribution in [0.5, 0.6) is 5.75 Å². The number of ether oxygens (including phenoxy) is 1. The molecule has 5 nitrogen and oxygen atoms in total. The topological polar surface area (TPSA) is 58.6 Å². The zero-order valence-electron chi connectivity index (χ0n) is 18.1. The fourth-order valence-electron chi connectivity index (χ4n) is 3.82. The average Bonchev–Trinajstić information content (AvgIpc) is 3.01. The van der Waals surface area contributed by atoms with Crippen LogP contribution in [0.4, 0.5) is 10.1 Å². The summed E-state index contributed by atoms with van der Waals surface area (Å²) >= 11 is 0. The Morgan fingerprint density at radius 3 is 2.38 bits per heavy atom. The van der Waals surface area contributed by atoms with Gasteiger partial charge in [0, 0.05) is 16.8 Å². The number of anilines is 1. The second-order valence-electron chi connectivity index (χ2n) is 7.68. The van der Waals surface area contributed by atoms with Gasteiger partial charge in [0.15, 0.2) is 0 Å². The van der Waals surface area contributed by atoms with Gasteiger partial charge in [-0.15, -0.1) is 0 Å². The molecule has 0 aromatic heterocycles. The Kier molecular flexibility index (Phi) is 5.77. The van der Waals surface area contributed by atoms with E-state index in [2.05, 4.69) is 5.32 Å². The van der Waals surface area contributed by atoms with Gasteiger partial charge in [-0.1, -0.05) is 54.1 Å². The van der Waals surface area contributed by atoms with E-state index >= 15 is 0 Å². The van der Waals surface area contributed by atoms with Crippen LogP contribution in [0.15, 0.2) is 72.4 Å². The number of nitrogens with one attached hydrogen (secondary N) is 1. The number of aryl methyl sites for hydroxylation is 2. The van der Waals surface area contributed by atoms with Gasteiger partial charge < -0.3 is 10.1 Å². The highest BCUT2D eigenvalue weighted by Crippen LogP contribution is 2.36. The van der Waals surface area contributed by atoms with Crippen LogP contribution >= 0.6 is 0 Å². The van der Waals surface area contributed by atoms with Gasteiger partial charge in [0.2, 0.25) is 0 Å². The highest BCUT2D eigenvalue weighted by Gasteiger charge is 2.40. The zero-order chi connectivity index (χ0) is 22.8. The maximum atomic E-state index is 14.3. The third kappa shape index (κ3) is 3.87. The molecule has 0 fully saturated rings. The molecule has 0 spiro atoms. The lowest BCUT2D eigenvalue weighted by molar-refractivity contribution is -0.137. The van der Waals surface area contributed by atoms with Crippen LogP contribution in [0.2, 0.25) is 0 Å². The molecule has 0 aliphatic carbocycles. The number of carbonyl (C=O) groups excluding carboxylic acids is 2. The standard InChI is InChI=1S/C26H23FN2O3/c1-16-12-13-21(17(2)14-16)28-24-23(19-9-5-7-11-22(19)32-3)25(30)29(26(24)31)15-18-8-4-6-10-20(18)27/h4-14,28H,15H2,1-3H3. The van der Waals surface area contributed by atoms with Crippen molar-refractivity contribution >= 4 is 23.1 Å². The summed E-state index contributed by atoms with van der Waals surface area (Å²) in [6, 6.07) is 18.9. The number of hydrogen-bond acceptors (Lipinski definition) is 4. The molecular weight excluding hydrogens is 407 g/mol. The molecule has 0 unspecified atom stereocenters. The second-order valence-corrected chi connectivity index (χ2v) is 7.68. The van der Waals surface area contributed by atoms with Gasteiger partial charge in [0.25, 0.3) is 11.8 Å². The summed E-state index contributed by atoms with van der Waals surface area (Å²) in [6.45, 7) is 3.74. The van der Waals surface area contributed by atoms with Crippen LogP contribution < -0.4 is 10.1 Å². The molecule has 3 aromatic carbocycles. The minimum atomic E-state index is -0.515. The SMILES string of the molecule is COc1ccccc1C1=C(Nc2ccc(C)cc2C)C(=O)N(Cc2ccccc2F)C1=O. The van der Waals surface area contributed by atoms with Gasteiger partial charge >= 0.3 is 0 Å². The van der Waals surface area contributed by atoms with E-state index in [0.29, 0.717) is 17.0 Å². The number of carbonyl (C=O) groups is 2. The second kappa shape index (κ2) is 8.67. The summed E-state index contributed by atoms with van der Waals surface area (Å²) in [4.78, 5) is 27.9. The Bertz CT molecular complexity index is 1250. The van der Waals surface area contributed by atoms with Crippen LogP contribution in [0.3, 0.4) is 0 Å². The molecule has 1 N–H and O–H groups in total. The Morgan fingerprint density at radius 1 is 0.938 bits per heavy atom. The molecular formula is C26H23FN2O3. The van der Waals surface area contributed by atoms with Gasteiger partial charge in [-0.25, -0.2) is 4.39 Å². The Labute approximate surface area is 186 Å². The smallest absolute Gasteiger partial charge is 0.278 e. The van der Waals surface area contributed by atoms with E-state index in [1.165, 1.54) is 13.2 Å². The summed E-state index contributed by atoms with van der Waals surface area (Å²) in [5.41, 5.74) is 3.84. The molecule has 0 atom stereocenters. The van der Waals surface area contributed by atoms with E-state index in [0.717, 1.165) is 16.0 Å². The van der Waals surface area contributed by atoms with Gasteiger partial charge in [-0.3, -0.25) is 14.5 Å². The number of benzene rings is 3. The minimum absolute atomic E-state index is 0.141. The van der Waals surface area contributed by atoms with Gasteiger partial charge in [0.1, 0.15) is 17.3 Å². The van der Waals surface area contributed by atoms with E-state index in [9.17, 15) is 14.0 Å².